The molecule has 0 aliphatic rings. The van der Waals surface area contributed by atoms with Crippen LogP contribution in [0.15, 0.2) is 11.6 Å². The number of thiazole rings is 1. The summed E-state index contributed by atoms with van der Waals surface area (Å²) < 4.78 is 0. The van der Waals surface area contributed by atoms with E-state index in [9.17, 15) is 4.79 Å². The first-order valence-corrected chi connectivity index (χ1v) is 5.94. The van der Waals surface area contributed by atoms with Crippen molar-refractivity contribution < 1.29 is 4.79 Å². The lowest BCUT2D eigenvalue weighted by molar-refractivity contribution is -0.123. The zero-order chi connectivity index (χ0) is 11.3. The second-order valence-corrected chi connectivity index (χ2v) is 4.53. The van der Waals surface area contributed by atoms with Gasteiger partial charge in [0, 0.05) is 11.6 Å². The maximum Gasteiger partial charge on any atom is 0.237 e. The van der Waals surface area contributed by atoms with E-state index in [4.69, 9.17) is 5.73 Å². The van der Waals surface area contributed by atoms with Crippen molar-refractivity contribution in [2.75, 3.05) is 0 Å². The largest absolute Gasteiger partial charge is 0.348 e. The number of nitrogens with two attached hydrogens (primary N) is 1. The fraction of sp³-hybridized carbons (Fsp3) is 0.600. The fourth-order valence-corrected chi connectivity index (χ4v) is 1.69. The van der Waals surface area contributed by atoms with E-state index in [1.54, 1.807) is 6.20 Å². The van der Waals surface area contributed by atoms with Crippen LogP contribution in [0.5, 0.6) is 0 Å². The molecule has 2 unspecified atom stereocenters. The van der Waals surface area contributed by atoms with Crippen molar-refractivity contribution in [3.8, 4) is 0 Å². The Morgan fingerprint density at radius 2 is 2.38 bits per heavy atom. The van der Waals surface area contributed by atoms with E-state index in [0.29, 0.717) is 6.54 Å². The van der Waals surface area contributed by atoms with Crippen LogP contribution in [0.3, 0.4) is 0 Å². The highest BCUT2D eigenvalue weighted by Gasteiger charge is 2.18. The number of nitrogens with zero attached hydrogens (tertiary/aromatic N) is 1. The second-order valence-electron chi connectivity index (χ2n) is 3.55. The van der Waals surface area contributed by atoms with Crippen molar-refractivity contribution in [1.29, 1.82) is 0 Å². The monoisotopic (exact) mass is 263 g/mol. The van der Waals surface area contributed by atoms with E-state index >= 15 is 0 Å². The SMILES string of the molecule is CCC(C)C(N)C(=O)NCc1nccs1.Cl. The Morgan fingerprint density at radius 1 is 1.69 bits per heavy atom. The molecule has 2 atom stereocenters. The molecule has 1 aromatic rings. The topological polar surface area (TPSA) is 68.0 Å². The van der Waals surface area contributed by atoms with Gasteiger partial charge in [-0.15, -0.1) is 23.7 Å². The molecule has 92 valence electrons. The third-order valence-corrected chi connectivity index (χ3v) is 3.24. The third-order valence-electron chi connectivity index (χ3n) is 2.46. The average molecular weight is 264 g/mol. The lowest BCUT2D eigenvalue weighted by atomic mass is 9.99. The number of hydrogen-bond donors (Lipinski definition) is 2. The van der Waals surface area contributed by atoms with Gasteiger partial charge in [-0.1, -0.05) is 20.3 Å². The molecule has 1 rings (SSSR count). The standard InChI is InChI=1S/C10H17N3OS.ClH/c1-3-7(2)9(11)10(14)13-6-8-12-4-5-15-8;/h4-5,7,9H,3,6,11H2,1-2H3,(H,13,14);1H. The highest BCUT2D eigenvalue weighted by atomic mass is 35.5. The van der Waals surface area contributed by atoms with Crippen LogP contribution in [-0.2, 0) is 11.3 Å². The molecular weight excluding hydrogens is 246 g/mol. The summed E-state index contributed by atoms with van der Waals surface area (Å²) in [5, 5.41) is 5.57. The van der Waals surface area contributed by atoms with Gasteiger partial charge < -0.3 is 11.1 Å². The minimum Gasteiger partial charge on any atom is -0.348 e. The van der Waals surface area contributed by atoms with Crippen LogP contribution in [0.1, 0.15) is 25.3 Å². The predicted octanol–water partition coefficient (Wildman–Crippen LogP) is 1.55. The minimum atomic E-state index is -0.421. The summed E-state index contributed by atoms with van der Waals surface area (Å²) >= 11 is 1.52. The molecule has 0 bridgehead atoms. The molecule has 16 heavy (non-hydrogen) atoms. The number of amides is 1. The summed E-state index contributed by atoms with van der Waals surface area (Å²) in [4.78, 5) is 15.7. The summed E-state index contributed by atoms with van der Waals surface area (Å²) in [6.45, 7) is 4.48. The van der Waals surface area contributed by atoms with Crippen molar-refractivity contribution in [2.24, 2.45) is 11.7 Å². The summed E-state index contributed by atoms with van der Waals surface area (Å²) in [5.41, 5.74) is 5.78. The van der Waals surface area contributed by atoms with Crippen LogP contribution < -0.4 is 11.1 Å². The van der Waals surface area contributed by atoms with Gasteiger partial charge in [-0.25, -0.2) is 4.98 Å². The van der Waals surface area contributed by atoms with Gasteiger partial charge in [-0.3, -0.25) is 4.79 Å². The average Bonchev–Trinajstić information content (AvgIpc) is 2.76. The van der Waals surface area contributed by atoms with Crippen molar-refractivity contribution >= 4 is 29.7 Å². The van der Waals surface area contributed by atoms with Gasteiger partial charge >= 0.3 is 0 Å². The Kier molecular flexibility index (Phi) is 7.29. The molecule has 0 radical (unpaired) electrons. The molecular formula is C10H18ClN3OS. The second kappa shape index (κ2) is 7.60. The first kappa shape index (κ1) is 15.3. The number of hydrogen-bond acceptors (Lipinski definition) is 4. The molecule has 0 aliphatic heterocycles. The molecule has 4 nitrogen and oxygen atoms in total. The molecule has 0 spiro atoms. The molecule has 0 saturated carbocycles. The number of rotatable bonds is 5. The Bertz CT molecular complexity index is 305. The Hall–Kier alpha value is -0.650. The molecule has 6 heteroatoms. The van der Waals surface area contributed by atoms with Gasteiger partial charge in [0.2, 0.25) is 5.91 Å². The summed E-state index contributed by atoms with van der Waals surface area (Å²) in [5.74, 6) is 0.112. The van der Waals surface area contributed by atoms with E-state index in [1.807, 2.05) is 19.2 Å². The summed E-state index contributed by atoms with van der Waals surface area (Å²) in [7, 11) is 0. The highest BCUT2D eigenvalue weighted by Crippen LogP contribution is 2.06. The normalized spacial score (nSPS) is 13.7. The van der Waals surface area contributed by atoms with Gasteiger partial charge in [-0.05, 0) is 5.92 Å². The quantitative estimate of drug-likeness (QED) is 0.847. The number of carbonyl (C=O) groups is 1. The van der Waals surface area contributed by atoms with Gasteiger partial charge in [0.25, 0.3) is 0 Å². The van der Waals surface area contributed by atoms with E-state index in [0.717, 1.165) is 11.4 Å². The van der Waals surface area contributed by atoms with Gasteiger partial charge in [0.1, 0.15) is 5.01 Å². The van der Waals surface area contributed by atoms with E-state index in [-0.39, 0.29) is 24.2 Å². The molecule has 0 aromatic carbocycles. The Morgan fingerprint density at radius 3 is 2.88 bits per heavy atom. The van der Waals surface area contributed by atoms with Crippen LogP contribution in [0.4, 0.5) is 0 Å². The smallest absolute Gasteiger partial charge is 0.237 e. The molecule has 0 aliphatic carbocycles. The van der Waals surface area contributed by atoms with Crippen molar-refractivity contribution in [3.63, 3.8) is 0 Å². The molecule has 1 heterocycles. The summed E-state index contributed by atoms with van der Waals surface area (Å²) in [6, 6.07) is -0.421. The van der Waals surface area contributed by atoms with Crippen LogP contribution >= 0.6 is 23.7 Å². The van der Waals surface area contributed by atoms with Crippen molar-refractivity contribution in [2.45, 2.75) is 32.9 Å². The zero-order valence-electron chi connectivity index (χ0n) is 9.47. The third kappa shape index (κ3) is 4.47. The lowest BCUT2D eigenvalue weighted by Gasteiger charge is -2.17. The van der Waals surface area contributed by atoms with Gasteiger partial charge in [-0.2, -0.15) is 0 Å². The fourth-order valence-electron chi connectivity index (χ4n) is 1.13. The predicted molar refractivity (Wildman–Crippen MR) is 68.6 cm³/mol. The first-order valence-electron chi connectivity index (χ1n) is 5.06. The molecule has 1 amide bonds. The van der Waals surface area contributed by atoms with Crippen molar-refractivity contribution in [1.82, 2.24) is 10.3 Å². The molecule has 1 aromatic heterocycles. The zero-order valence-corrected chi connectivity index (χ0v) is 11.1. The van der Waals surface area contributed by atoms with Crippen LogP contribution in [-0.4, -0.2) is 16.9 Å². The highest BCUT2D eigenvalue weighted by molar-refractivity contribution is 7.09. The first-order chi connectivity index (χ1) is 7.15. The molecule has 0 fully saturated rings. The maximum absolute atomic E-state index is 11.6. The number of carbonyl (C=O) groups excluding carboxylic acids is 1. The van der Waals surface area contributed by atoms with Gasteiger partial charge in [0.05, 0.1) is 12.6 Å². The van der Waals surface area contributed by atoms with Crippen LogP contribution in [0, 0.1) is 5.92 Å². The lowest BCUT2D eigenvalue weighted by Crippen LogP contribution is -2.44. The number of nitrogens with one attached hydrogen (secondary N) is 1. The van der Waals surface area contributed by atoms with E-state index in [1.165, 1.54) is 11.3 Å². The maximum atomic E-state index is 11.6. The summed E-state index contributed by atoms with van der Waals surface area (Å²) in [6.07, 6.45) is 2.63. The number of aromatic nitrogens is 1. The molecule has 0 saturated heterocycles. The van der Waals surface area contributed by atoms with Gasteiger partial charge in [0.15, 0.2) is 0 Å². The van der Waals surface area contributed by atoms with E-state index in [2.05, 4.69) is 10.3 Å². The van der Waals surface area contributed by atoms with Crippen LogP contribution in [0.25, 0.3) is 0 Å². The van der Waals surface area contributed by atoms with E-state index < -0.39 is 6.04 Å². The van der Waals surface area contributed by atoms with Crippen molar-refractivity contribution in [3.05, 3.63) is 16.6 Å². The Labute approximate surface area is 106 Å². The Balaban J connectivity index is 0.00000225. The minimum absolute atomic E-state index is 0. The van der Waals surface area contributed by atoms with Crippen LogP contribution in [0.2, 0.25) is 0 Å². The number of halogens is 1. The molecule has 3 N–H and O–H groups in total.